The van der Waals surface area contributed by atoms with Gasteiger partial charge >= 0.3 is 0 Å². The van der Waals surface area contributed by atoms with Gasteiger partial charge in [0.05, 0.1) is 13.0 Å². The first-order valence-corrected chi connectivity index (χ1v) is 8.50. The normalized spacial score (nSPS) is 10.4. The summed E-state index contributed by atoms with van der Waals surface area (Å²) >= 11 is 0. The fourth-order valence-corrected chi connectivity index (χ4v) is 2.65. The Kier molecular flexibility index (Phi) is 5.51. The Morgan fingerprint density at radius 2 is 1.63 bits per heavy atom. The van der Waals surface area contributed by atoms with E-state index in [-0.39, 0.29) is 24.8 Å². The molecule has 4 N–H and O–H groups in total. The number of nitrogens with one attached hydrogen (secondary N) is 4. The molecule has 7 heteroatoms. The number of benzene rings is 2. The van der Waals surface area contributed by atoms with E-state index < -0.39 is 5.91 Å². The smallest absolute Gasteiger partial charge is 0.257 e. The van der Waals surface area contributed by atoms with E-state index in [1.165, 1.54) is 0 Å². The number of H-pyrrole nitrogens is 1. The van der Waals surface area contributed by atoms with E-state index >= 15 is 0 Å². The van der Waals surface area contributed by atoms with Crippen LogP contribution in [-0.2, 0) is 16.0 Å². The Hall–Kier alpha value is -3.61. The molecular formula is C20H20N4O3. The van der Waals surface area contributed by atoms with Crippen LogP contribution in [0.25, 0.3) is 10.9 Å². The van der Waals surface area contributed by atoms with E-state index in [2.05, 4.69) is 21.2 Å². The predicted molar refractivity (Wildman–Crippen MR) is 102 cm³/mol. The molecule has 3 aromatic rings. The first-order valence-electron chi connectivity index (χ1n) is 8.50. The molecule has 0 saturated carbocycles. The van der Waals surface area contributed by atoms with E-state index in [4.69, 9.17) is 0 Å². The van der Waals surface area contributed by atoms with Crippen LogP contribution >= 0.6 is 0 Å². The maximum absolute atomic E-state index is 12.0. The Balaban J connectivity index is 1.44. The summed E-state index contributed by atoms with van der Waals surface area (Å²) in [7, 11) is 0. The minimum Gasteiger partial charge on any atom is -0.361 e. The standard InChI is InChI=1S/C20H20N4O3/c1-13-6-8-14(9-7-13)20(27)22-12-19(26)24-23-18(25)10-15-11-21-17-5-3-2-4-16(15)17/h2-9,11,21H,10,12H2,1H3,(H,22,27)(H,23,25)(H,24,26). The maximum atomic E-state index is 12.0. The lowest BCUT2D eigenvalue weighted by molar-refractivity contribution is -0.128. The van der Waals surface area contributed by atoms with Gasteiger partial charge in [-0.1, -0.05) is 35.9 Å². The van der Waals surface area contributed by atoms with Gasteiger partial charge < -0.3 is 10.3 Å². The first kappa shape index (κ1) is 18.2. The third kappa shape index (κ3) is 4.72. The van der Waals surface area contributed by atoms with E-state index in [1.54, 1.807) is 18.3 Å². The minimum atomic E-state index is -0.511. The highest BCUT2D eigenvalue weighted by atomic mass is 16.2. The van der Waals surface area contributed by atoms with Gasteiger partial charge in [-0.2, -0.15) is 0 Å². The summed E-state index contributed by atoms with van der Waals surface area (Å²) in [5.74, 6) is -1.21. The number of hydrazine groups is 1. The molecule has 7 nitrogen and oxygen atoms in total. The highest BCUT2D eigenvalue weighted by Gasteiger charge is 2.11. The third-order valence-electron chi connectivity index (χ3n) is 4.09. The molecule has 138 valence electrons. The second-order valence-electron chi connectivity index (χ2n) is 6.18. The zero-order valence-electron chi connectivity index (χ0n) is 14.8. The van der Waals surface area contributed by atoms with Gasteiger partial charge in [0.2, 0.25) is 5.91 Å². The second kappa shape index (κ2) is 8.18. The van der Waals surface area contributed by atoms with Gasteiger partial charge in [0.1, 0.15) is 0 Å². The number of aryl methyl sites for hydroxylation is 1. The molecule has 0 saturated heterocycles. The summed E-state index contributed by atoms with van der Waals surface area (Å²) in [4.78, 5) is 38.9. The molecule has 1 aromatic heterocycles. The number of aromatic nitrogens is 1. The molecule has 27 heavy (non-hydrogen) atoms. The lowest BCUT2D eigenvalue weighted by Gasteiger charge is -2.08. The van der Waals surface area contributed by atoms with Crippen LogP contribution in [0.5, 0.6) is 0 Å². The van der Waals surface area contributed by atoms with Gasteiger partial charge in [-0.05, 0) is 30.7 Å². The summed E-state index contributed by atoms with van der Waals surface area (Å²) < 4.78 is 0. The van der Waals surface area contributed by atoms with Crippen LogP contribution in [0.15, 0.2) is 54.7 Å². The quantitative estimate of drug-likeness (QED) is 0.517. The maximum Gasteiger partial charge on any atom is 0.257 e. The topological polar surface area (TPSA) is 103 Å². The zero-order chi connectivity index (χ0) is 19.2. The molecule has 1 heterocycles. The van der Waals surface area contributed by atoms with Crippen LogP contribution in [0, 0.1) is 6.92 Å². The van der Waals surface area contributed by atoms with Gasteiger partial charge in [-0.25, -0.2) is 0 Å². The van der Waals surface area contributed by atoms with Crippen molar-refractivity contribution >= 4 is 28.6 Å². The van der Waals surface area contributed by atoms with E-state index in [9.17, 15) is 14.4 Å². The van der Waals surface area contributed by atoms with Crippen molar-refractivity contribution in [2.24, 2.45) is 0 Å². The zero-order valence-corrected chi connectivity index (χ0v) is 14.8. The van der Waals surface area contributed by atoms with E-state index in [0.29, 0.717) is 5.56 Å². The number of fused-ring (bicyclic) bond motifs is 1. The number of rotatable bonds is 5. The molecule has 2 aromatic carbocycles. The van der Waals surface area contributed by atoms with Crippen molar-refractivity contribution in [1.29, 1.82) is 0 Å². The molecule has 0 spiro atoms. The predicted octanol–water partition coefficient (Wildman–Crippen LogP) is 1.60. The second-order valence-corrected chi connectivity index (χ2v) is 6.18. The average Bonchev–Trinajstić information content (AvgIpc) is 3.08. The highest BCUT2D eigenvalue weighted by molar-refractivity contribution is 5.96. The SMILES string of the molecule is Cc1ccc(C(=O)NCC(=O)NNC(=O)Cc2c[nH]c3ccccc23)cc1. The van der Waals surface area contributed by atoms with Crippen LogP contribution in [0.2, 0.25) is 0 Å². The fraction of sp³-hybridized carbons (Fsp3) is 0.150. The number of aromatic amines is 1. The summed E-state index contributed by atoms with van der Waals surface area (Å²) in [5.41, 5.74) is 7.95. The molecule has 0 atom stereocenters. The van der Waals surface area contributed by atoms with Gasteiger partial charge in [0.15, 0.2) is 0 Å². The summed E-state index contributed by atoms with van der Waals surface area (Å²) in [6.07, 6.45) is 1.90. The summed E-state index contributed by atoms with van der Waals surface area (Å²) in [6.45, 7) is 1.69. The lowest BCUT2D eigenvalue weighted by Crippen LogP contribution is -2.46. The molecule has 0 radical (unpaired) electrons. The van der Waals surface area contributed by atoms with Gasteiger partial charge in [-0.3, -0.25) is 25.2 Å². The molecular weight excluding hydrogens is 344 g/mol. The lowest BCUT2D eigenvalue weighted by atomic mass is 10.1. The monoisotopic (exact) mass is 364 g/mol. The molecule has 0 aliphatic carbocycles. The molecule has 0 unspecified atom stereocenters. The van der Waals surface area contributed by atoms with Crippen LogP contribution in [0.1, 0.15) is 21.5 Å². The number of hydrogen-bond donors (Lipinski definition) is 4. The molecule has 0 bridgehead atoms. The van der Waals surface area contributed by atoms with Crippen LogP contribution < -0.4 is 16.2 Å². The highest BCUT2D eigenvalue weighted by Crippen LogP contribution is 2.17. The number of amides is 3. The Morgan fingerprint density at radius 3 is 2.41 bits per heavy atom. The number of hydrogen-bond acceptors (Lipinski definition) is 3. The van der Waals surface area contributed by atoms with Crippen molar-refractivity contribution in [2.75, 3.05) is 6.54 Å². The van der Waals surface area contributed by atoms with Crippen molar-refractivity contribution in [1.82, 2.24) is 21.2 Å². The van der Waals surface area contributed by atoms with Crippen LogP contribution in [0.3, 0.4) is 0 Å². The summed E-state index contributed by atoms with van der Waals surface area (Å²) in [5, 5.41) is 3.47. The van der Waals surface area contributed by atoms with Gasteiger partial charge in [0, 0.05) is 22.7 Å². The van der Waals surface area contributed by atoms with Crippen LogP contribution in [-0.4, -0.2) is 29.3 Å². The number of para-hydroxylation sites is 1. The van der Waals surface area contributed by atoms with Gasteiger partial charge in [0.25, 0.3) is 11.8 Å². The Morgan fingerprint density at radius 1 is 0.926 bits per heavy atom. The van der Waals surface area contributed by atoms with Crippen molar-refractivity contribution in [2.45, 2.75) is 13.3 Å². The fourth-order valence-electron chi connectivity index (χ4n) is 2.65. The van der Waals surface area contributed by atoms with E-state index in [1.807, 2.05) is 43.3 Å². The Bertz CT molecular complexity index is 976. The summed E-state index contributed by atoms with van der Waals surface area (Å²) in [6, 6.07) is 14.7. The first-order chi connectivity index (χ1) is 13.0. The average molecular weight is 364 g/mol. The molecule has 0 aliphatic heterocycles. The third-order valence-corrected chi connectivity index (χ3v) is 4.09. The number of carbonyl (C=O) groups is 3. The minimum absolute atomic E-state index is 0.125. The van der Waals surface area contributed by atoms with Crippen molar-refractivity contribution in [3.05, 3.63) is 71.4 Å². The van der Waals surface area contributed by atoms with Crippen molar-refractivity contribution in [3.8, 4) is 0 Å². The Labute approximate surface area is 156 Å². The molecule has 0 fully saturated rings. The van der Waals surface area contributed by atoms with Crippen molar-refractivity contribution < 1.29 is 14.4 Å². The molecule has 0 aliphatic rings. The molecule has 3 amide bonds. The number of carbonyl (C=O) groups excluding carboxylic acids is 3. The van der Waals surface area contributed by atoms with Crippen LogP contribution in [0.4, 0.5) is 0 Å². The van der Waals surface area contributed by atoms with E-state index in [0.717, 1.165) is 22.0 Å². The molecule has 3 rings (SSSR count). The van der Waals surface area contributed by atoms with Gasteiger partial charge in [-0.15, -0.1) is 0 Å². The van der Waals surface area contributed by atoms with Crippen molar-refractivity contribution in [3.63, 3.8) is 0 Å². The largest absolute Gasteiger partial charge is 0.361 e.